The van der Waals surface area contributed by atoms with Gasteiger partial charge in [0.2, 0.25) is 11.8 Å². The van der Waals surface area contributed by atoms with E-state index in [-0.39, 0.29) is 30.7 Å². The molecule has 0 heterocycles. The predicted octanol–water partition coefficient (Wildman–Crippen LogP) is 4.97. The van der Waals surface area contributed by atoms with Crippen LogP contribution >= 0.6 is 0 Å². The zero-order valence-electron chi connectivity index (χ0n) is 18.6. The number of amides is 2. The van der Waals surface area contributed by atoms with Crippen LogP contribution in [0.25, 0.3) is 0 Å². The Kier molecular flexibility index (Phi) is 8.51. The second kappa shape index (κ2) is 11.5. The van der Waals surface area contributed by atoms with Gasteiger partial charge in [-0.15, -0.1) is 0 Å². The van der Waals surface area contributed by atoms with E-state index >= 15 is 0 Å². The SMILES string of the molecule is C[C@H]1[C@H](C)CCC[C@@H]1NC(=O)CCC(=O)Nc1ccc(OCCc2ccccc2)cc1. The van der Waals surface area contributed by atoms with Gasteiger partial charge in [-0.25, -0.2) is 0 Å². The Morgan fingerprint density at radius 1 is 0.935 bits per heavy atom. The van der Waals surface area contributed by atoms with Gasteiger partial charge in [-0.3, -0.25) is 9.59 Å². The molecule has 2 N–H and O–H groups in total. The van der Waals surface area contributed by atoms with Gasteiger partial charge in [-0.1, -0.05) is 57.0 Å². The van der Waals surface area contributed by atoms with Gasteiger partial charge in [0.25, 0.3) is 0 Å². The zero-order chi connectivity index (χ0) is 22.1. The van der Waals surface area contributed by atoms with Crippen molar-refractivity contribution in [2.24, 2.45) is 11.8 Å². The van der Waals surface area contributed by atoms with Gasteiger partial charge >= 0.3 is 0 Å². The zero-order valence-corrected chi connectivity index (χ0v) is 18.6. The lowest BCUT2D eigenvalue weighted by molar-refractivity contribution is -0.125. The van der Waals surface area contributed by atoms with E-state index in [1.165, 1.54) is 12.0 Å². The summed E-state index contributed by atoms with van der Waals surface area (Å²) in [6.45, 7) is 5.05. The highest BCUT2D eigenvalue weighted by molar-refractivity contribution is 5.93. The summed E-state index contributed by atoms with van der Waals surface area (Å²) >= 11 is 0. The molecule has 2 aromatic rings. The fourth-order valence-corrected chi connectivity index (χ4v) is 4.08. The monoisotopic (exact) mass is 422 g/mol. The minimum atomic E-state index is -0.155. The average molecular weight is 423 g/mol. The Hall–Kier alpha value is -2.82. The molecule has 0 saturated heterocycles. The van der Waals surface area contributed by atoms with Crippen molar-refractivity contribution in [3.8, 4) is 5.75 Å². The molecule has 0 aliphatic heterocycles. The van der Waals surface area contributed by atoms with Gasteiger partial charge in [0.15, 0.2) is 0 Å². The number of benzene rings is 2. The van der Waals surface area contributed by atoms with Gasteiger partial charge in [0.05, 0.1) is 6.61 Å². The molecule has 31 heavy (non-hydrogen) atoms. The minimum absolute atomic E-state index is 0.0386. The smallest absolute Gasteiger partial charge is 0.224 e. The summed E-state index contributed by atoms with van der Waals surface area (Å²) < 4.78 is 5.77. The summed E-state index contributed by atoms with van der Waals surface area (Å²) in [6, 6.07) is 17.8. The van der Waals surface area contributed by atoms with Crippen molar-refractivity contribution >= 4 is 17.5 Å². The number of carbonyl (C=O) groups is 2. The van der Waals surface area contributed by atoms with Crippen LogP contribution < -0.4 is 15.4 Å². The number of anilines is 1. The van der Waals surface area contributed by atoms with E-state index in [9.17, 15) is 9.59 Å². The fraction of sp³-hybridized carbons (Fsp3) is 0.462. The predicted molar refractivity (Wildman–Crippen MR) is 124 cm³/mol. The number of hydrogen-bond donors (Lipinski definition) is 2. The van der Waals surface area contributed by atoms with Gasteiger partial charge in [-0.2, -0.15) is 0 Å². The molecule has 2 amide bonds. The lowest BCUT2D eigenvalue weighted by atomic mass is 9.78. The summed E-state index contributed by atoms with van der Waals surface area (Å²) in [4.78, 5) is 24.5. The van der Waals surface area contributed by atoms with E-state index in [0.29, 0.717) is 24.1 Å². The van der Waals surface area contributed by atoms with Crippen molar-refractivity contribution in [1.29, 1.82) is 0 Å². The quantitative estimate of drug-likeness (QED) is 0.600. The van der Waals surface area contributed by atoms with Crippen molar-refractivity contribution in [2.75, 3.05) is 11.9 Å². The number of rotatable bonds is 9. The number of hydrogen-bond acceptors (Lipinski definition) is 3. The van der Waals surface area contributed by atoms with Gasteiger partial charge in [0.1, 0.15) is 5.75 Å². The number of ether oxygens (including phenoxy) is 1. The molecular weight excluding hydrogens is 388 g/mol. The topological polar surface area (TPSA) is 67.4 Å². The standard InChI is InChI=1S/C26H34N2O3/c1-19-7-6-10-24(20(19)2)28-26(30)16-15-25(29)27-22-11-13-23(14-12-22)31-18-17-21-8-4-3-5-9-21/h3-5,8-9,11-14,19-20,24H,6-7,10,15-18H2,1-2H3,(H,27,29)(H,28,30)/t19-,20+,24+/m1/s1. The molecule has 3 rings (SSSR count). The molecule has 3 atom stereocenters. The van der Waals surface area contributed by atoms with Crippen LogP contribution in [0.5, 0.6) is 5.75 Å². The van der Waals surface area contributed by atoms with Crippen molar-refractivity contribution < 1.29 is 14.3 Å². The van der Waals surface area contributed by atoms with Gasteiger partial charge < -0.3 is 15.4 Å². The summed E-state index contributed by atoms with van der Waals surface area (Å²) in [5.41, 5.74) is 1.94. The molecule has 2 aromatic carbocycles. The second-order valence-corrected chi connectivity index (χ2v) is 8.60. The lowest BCUT2D eigenvalue weighted by Gasteiger charge is -2.34. The third-order valence-electron chi connectivity index (χ3n) is 6.27. The molecule has 1 aliphatic carbocycles. The molecule has 0 aromatic heterocycles. The van der Waals surface area contributed by atoms with Crippen LogP contribution in [0.4, 0.5) is 5.69 Å². The first kappa shape index (κ1) is 22.9. The van der Waals surface area contributed by atoms with Crippen LogP contribution in [0.1, 0.15) is 51.5 Å². The minimum Gasteiger partial charge on any atom is -0.493 e. The molecule has 5 heteroatoms. The van der Waals surface area contributed by atoms with Crippen molar-refractivity contribution in [3.05, 3.63) is 60.2 Å². The molecule has 1 saturated carbocycles. The van der Waals surface area contributed by atoms with E-state index in [1.54, 1.807) is 0 Å². The Balaban J connectivity index is 1.35. The molecule has 1 aliphatic rings. The highest BCUT2D eigenvalue weighted by Gasteiger charge is 2.28. The van der Waals surface area contributed by atoms with Gasteiger partial charge in [-0.05, 0) is 48.1 Å². The Bertz CT molecular complexity index is 835. The molecular formula is C26H34N2O3. The first-order valence-electron chi connectivity index (χ1n) is 11.4. The highest BCUT2D eigenvalue weighted by atomic mass is 16.5. The molecule has 1 fully saturated rings. The first-order valence-corrected chi connectivity index (χ1v) is 11.4. The second-order valence-electron chi connectivity index (χ2n) is 8.60. The fourth-order valence-electron chi connectivity index (χ4n) is 4.08. The summed E-state index contributed by atoms with van der Waals surface area (Å²) in [6.07, 6.45) is 4.65. The third kappa shape index (κ3) is 7.42. The Morgan fingerprint density at radius 3 is 2.39 bits per heavy atom. The van der Waals surface area contributed by atoms with E-state index < -0.39 is 0 Å². The Morgan fingerprint density at radius 2 is 1.65 bits per heavy atom. The van der Waals surface area contributed by atoms with E-state index in [4.69, 9.17) is 4.74 Å². The molecule has 0 bridgehead atoms. The largest absolute Gasteiger partial charge is 0.493 e. The van der Waals surface area contributed by atoms with E-state index in [2.05, 4.69) is 36.6 Å². The number of carbonyl (C=O) groups excluding carboxylic acids is 2. The molecule has 5 nitrogen and oxygen atoms in total. The average Bonchev–Trinajstić information content (AvgIpc) is 2.77. The molecule has 166 valence electrons. The Labute approximate surface area is 185 Å². The van der Waals surface area contributed by atoms with Crippen molar-refractivity contribution in [3.63, 3.8) is 0 Å². The molecule has 0 spiro atoms. The van der Waals surface area contributed by atoms with Crippen molar-refractivity contribution in [1.82, 2.24) is 5.32 Å². The number of nitrogens with one attached hydrogen (secondary N) is 2. The maximum absolute atomic E-state index is 12.3. The normalized spacial score (nSPS) is 20.6. The van der Waals surface area contributed by atoms with Crippen molar-refractivity contribution in [2.45, 2.75) is 58.4 Å². The van der Waals surface area contributed by atoms with Crippen LogP contribution in [0.3, 0.4) is 0 Å². The van der Waals surface area contributed by atoms with Crippen LogP contribution in [0.15, 0.2) is 54.6 Å². The lowest BCUT2D eigenvalue weighted by Crippen LogP contribution is -2.43. The van der Waals surface area contributed by atoms with Gasteiger partial charge in [0, 0.05) is 31.0 Å². The van der Waals surface area contributed by atoms with E-state index in [1.807, 2.05) is 42.5 Å². The molecule has 0 unspecified atom stereocenters. The van der Waals surface area contributed by atoms with Crippen LogP contribution in [-0.2, 0) is 16.0 Å². The third-order valence-corrected chi connectivity index (χ3v) is 6.27. The highest BCUT2D eigenvalue weighted by Crippen LogP contribution is 2.29. The summed E-state index contributed by atoms with van der Waals surface area (Å²) in [5.74, 6) is 1.69. The maximum Gasteiger partial charge on any atom is 0.224 e. The summed E-state index contributed by atoms with van der Waals surface area (Å²) in [7, 11) is 0. The van der Waals surface area contributed by atoms with Crippen LogP contribution in [0, 0.1) is 11.8 Å². The van der Waals surface area contributed by atoms with Crippen LogP contribution in [0.2, 0.25) is 0 Å². The maximum atomic E-state index is 12.3. The van der Waals surface area contributed by atoms with E-state index in [0.717, 1.165) is 25.0 Å². The van der Waals surface area contributed by atoms with Crippen LogP contribution in [-0.4, -0.2) is 24.5 Å². The first-order chi connectivity index (χ1) is 15.0. The molecule has 0 radical (unpaired) electrons. The summed E-state index contributed by atoms with van der Waals surface area (Å²) in [5, 5.41) is 5.97.